The van der Waals surface area contributed by atoms with Crippen LogP contribution in [0.1, 0.15) is 19.8 Å². The molecule has 2 atom stereocenters. The van der Waals surface area contributed by atoms with Crippen molar-refractivity contribution < 1.29 is 8.42 Å². The molecule has 0 aliphatic carbocycles. The molecule has 16 heavy (non-hydrogen) atoms. The number of piperazine rings is 1. The molecule has 0 amide bonds. The topological polar surface area (TPSA) is 40.6 Å². The van der Waals surface area contributed by atoms with E-state index >= 15 is 0 Å². The third-order valence-electron chi connectivity index (χ3n) is 3.57. The van der Waals surface area contributed by atoms with Crippen LogP contribution in [0, 0.1) is 0 Å². The van der Waals surface area contributed by atoms with Crippen molar-refractivity contribution in [1.29, 1.82) is 0 Å². The molecule has 0 spiro atoms. The molecule has 0 aromatic carbocycles. The summed E-state index contributed by atoms with van der Waals surface area (Å²) >= 11 is 5.55. The van der Waals surface area contributed by atoms with Crippen molar-refractivity contribution in [3.05, 3.63) is 0 Å². The smallest absolute Gasteiger partial charge is 0.215 e. The highest BCUT2D eigenvalue weighted by Gasteiger charge is 2.39. The first-order chi connectivity index (χ1) is 7.54. The molecule has 6 heteroatoms. The largest absolute Gasteiger partial charge is 0.297 e. The van der Waals surface area contributed by atoms with Crippen molar-refractivity contribution in [3.63, 3.8) is 0 Å². The fourth-order valence-corrected chi connectivity index (χ4v) is 4.79. The molecule has 2 rings (SSSR count). The van der Waals surface area contributed by atoms with Gasteiger partial charge in [-0.1, -0.05) is 0 Å². The molecule has 2 heterocycles. The highest BCUT2D eigenvalue weighted by atomic mass is 35.5. The summed E-state index contributed by atoms with van der Waals surface area (Å²) in [5.74, 6) is 0.242. The minimum atomic E-state index is -3.15. The molecule has 0 aromatic heterocycles. The van der Waals surface area contributed by atoms with E-state index in [1.807, 2.05) is 6.92 Å². The minimum Gasteiger partial charge on any atom is -0.297 e. The molecule has 2 saturated heterocycles. The Bertz CT molecular complexity index is 347. The van der Waals surface area contributed by atoms with E-state index in [9.17, 15) is 8.42 Å². The number of hydrogen-bond donors (Lipinski definition) is 0. The summed E-state index contributed by atoms with van der Waals surface area (Å²) in [5.41, 5.74) is 0. The van der Waals surface area contributed by atoms with Gasteiger partial charge in [0, 0.05) is 31.1 Å². The SMILES string of the molecule is CC1CN2CCCC2CN1S(=O)(=O)CCCl. The molecule has 2 unspecified atom stereocenters. The van der Waals surface area contributed by atoms with Gasteiger partial charge in [-0.2, -0.15) is 4.31 Å². The summed E-state index contributed by atoms with van der Waals surface area (Å²) in [6, 6.07) is 0.517. The number of hydrogen-bond acceptors (Lipinski definition) is 3. The first-order valence-corrected chi connectivity index (χ1v) is 7.98. The molecule has 94 valence electrons. The summed E-state index contributed by atoms with van der Waals surface area (Å²) in [6.45, 7) is 4.63. The van der Waals surface area contributed by atoms with Crippen LogP contribution in [0.3, 0.4) is 0 Å². The van der Waals surface area contributed by atoms with E-state index in [0.29, 0.717) is 12.6 Å². The van der Waals surface area contributed by atoms with Crippen molar-refractivity contribution in [3.8, 4) is 0 Å². The molecule has 0 N–H and O–H groups in total. The van der Waals surface area contributed by atoms with Crippen molar-refractivity contribution >= 4 is 21.6 Å². The van der Waals surface area contributed by atoms with Gasteiger partial charge in [0.05, 0.1) is 5.75 Å². The monoisotopic (exact) mass is 266 g/mol. The van der Waals surface area contributed by atoms with Crippen LogP contribution < -0.4 is 0 Å². The average molecular weight is 267 g/mol. The molecule has 0 aromatic rings. The fraction of sp³-hybridized carbons (Fsp3) is 1.00. The lowest BCUT2D eigenvalue weighted by atomic mass is 10.1. The van der Waals surface area contributed by atoms with E-state index in [0.717, 1.165) is 19.5 Å². The first-order valence-electron chi connectivity index (χ1n) is 5.84. The van der Waals surface area contributed by atoms with Crippen LogP contribution in [0.15, 0.2) is 0 Å². The van der Waals surface area contributed by atoms with Crippen molar-refractivity contribution in [1.82, 2.24) is 9.21 Å². The Morgan fingerprint density at radius 2 is 2.12 bits per heavy atom. The van der Waals surface area contributed by atoms with Crippen LogP contribution >= 0.6 is 11.6 Å². The molecular formula is C10H19ClN2O2S. The zero-order valence-corrected chi connectivity index (χ0v) is 11.2. The Morgan fingerprint density at radius 1 is 1.38 bits per heavy atom. The second kappa shape index (κ2) is 4.80. The third-order valence-corrected chi connectivity index (χ3v) is 5.93. The van der Waals surface area contributed by atoms with Gasteiger partial charge >= 0.3 is 0 Å². The summed E-state index contributed by atoms with van der Waals surface area (Å²) in [6.07, 6.45) is 2.32. The fourth-order valence-electron chi connectivity index (χ4n) is 2.76. The van der Waals surface area contributed by atoms with Crippen molar-refractivity contribution in [2.45, 2.75) is 31.8 Å². The maximum absolute atomic E-state index is 12.0. The Balaban J connectivity index is 2.10. The highest BCUT2D eigenvalue weighted by Crippen LogP contribution is 2.26. The second-order valence-corrected chi connectivity index (χ2v) is 7.13. The zero-order valence-electron chi connectivity index (χ0n) is 9.60. The summed E-state index contributed by atoms with van der Waals surface area (Å²) < 4.78 is 25.7. The first kappa shape index (κ1) is 12.6. The van der Waals surface area contributed by atoms with Gasteiger partial charge in [0.15, 0.2) is 0 Å². The molecule has 0 bridgehead atoms. The number of nitrogens with zero attached hydrogens (tertiary/aromatic N) is 2. The Kier molecular flexibility index (Phi) is 3.79. The van der Waals surface area contributed by atoms with Gasteiger partial charge in [-0.05, 0) is 26.3 Å². The van der Waals surface area contributed by atoms with Crippen LogP contribution in [-0.4, -0.2) is 61.0 Å². The van der Waals surface area contributed by atoms with Crippen LogP contribution in [0.4, 0.5) is 0 Å². The lowest BCUT2D eigenvalue weighted by Gasteiger charge is -2.41. The number of alkyl halides is 1. The summed E-state index contributed by atoms with van der Waals surface area (Å²) in [5, 5.41) is 0. The van der Waals surface area contributed by atoms with Gasteiger partial charge < -0.3 is 0 Å². The molecule has 2 aliphatic rings. The van der Waals surface area contributed by atoms with E-state index in [1.165, 1.54) is 6.42 Å². The Morgan fingerprint density at radius 3 is 2.81 bits per heavy atom. The lowest BCUT2D eigenvalue weighted by Crippen LogP contribution is -2.57. The predicted octanol–water partition coefficient (Wildman–Crippen LogP) is 0.724. The van der Waals surface area contributed by atoms with Crippen LogP contribution in [0.2, 0.25) is 0 Å². The molecule has 2 aliphatic heterocycles. The van der Waals surface area contributed by atoms with Gasteiger partial charge in [-0.3, -0.25) is 4.90 Å². The second-order valence-electron chi connectivity index (χ2n) is 4.71. The van der Waals surface area contributed by atoms with E-state index in [1.54, 1.807) is 4.31 Å². The minimum absolute atomic E-state index is 0.0611. The summed E-state index contributed by atoms with van der Waals surface area (Å²) in [7, 11) is -3.15. The average Bonchev–Trinajstić information content (AvgIpc) is 2.63. The molecule has 0 radical (unpaired) electrons. The standard InChI is InChI=1S/C10H19ClN2O2S/c1-9-7-12-5-2-3-10(12)8-13(9)16(14,15)6-4-11/h9-10H,2-8H2,1H3. The van der Waals surface area contributed by atoms with Crippen LogP contribution in [0.5, 0.6) is 0 Å². The Hall–Kier alpha value is 0.160. The van der Waals surface area contributed by atoms with Crippen molar-refractivity contribution in [2.24, 2.45) is 0 Å². The zero-order chi connectivity index (χ0) is 11.8. The predicted molar refractivity (Wildman–Crippen MR) is 65.3 cm³/mol. The molecule has 4 nitrogen and oxygen atoms in total. The van der Waals surface area contributed by atoms with Crippen LogP contribution in [-0.2, 0) is 10.0 Å². The van der Waals surface area contributed by atoms with E-state index in [-0.39, 0.29) is 17.7 Å². The highest BCUT2D eigenvalue weighted by molar-refractivity contribution is 7.89. The van der Waals surface area contributed by atoms with E-state index < -0.39 is 10.0 Å². The number of halogens is 1. The maximum atomic E-state index is 12.0. The molecule has 2 fully saturated rings. The molecule has 0 saturated carbocycles. The Labute approximate surface area is 103 Å². The summed E-state index contributed by atoms with van der Waals surface area (Å²) in [4.78, 5) is 2.41. The van der Waals surface area contributed by atoms with Gasteiger partial charge in [0.1, 0.15) is 0 Å². The normalized spacial score (nSPS) is 32.9. The quantitative estimate of drug-likeness (QED) is 0.707. The van der Waals surface area contributed by atoms with Gasteiger partial charge in [-0.25, -0.2) is 8.42 Å². The van der Waals surface area contributed by atoms with Gasteiger partial charge in [0.2, 0.25) is 10.0 Å². The number of rotatable bonds is 3. The van der Waals surface area contributed by atoms with E-state index in [4.69, 9.17) is 11.6 Å². The van der Waals surface area contributed by atoms with E-state index in [2.05, 4.69) is 4.90 Å². The van der Waals surface area contributed by atoms with Gasteiger partial charge in [0.25, 0.3) is 0 Å². The van der Waals surface area contributed by atoms with Gasteiger partial charge in [-0.15, -0.1) is 11.6 Å². The third kappa shape index (κ3) is 2.37. The maximum Gasteiger partial charge on any atom is 0.215 e. The number of sulfonamides is 1. The number of fused-ring (bicyclic) bond motifs is 1. The lowest BCUT2D eigenvalue weighted by molar-refractivity contribution is 0.117. The molecular weight excluding hydrogens is 248 g/mol. The van der Waals surface area contributed by atoms with Crippen LogP contribution in [0.25, 0.3) is 0 Å². The van der Waals surface area contributed by atoms with Crippen molar-refractivity contribution in [2.75, 3.05) is 31.3 Å².